The van der Waals surface area contributed by atoms with E-state index >= 15 is 0 Å². The van der Waals surface area contributed by atoms with Gasteiger partial charge in [-0.2, -0.15) is 5.26 Å². The average Bonchev–Trinajstić information content (AvgIpc) is 2.58. The van der Waals surface area contributed by atoms with Crippen LogP contribution in [0.15, 0.2) is 24.5 Å². The van der Waals surface area contributed by atoms with E-state index in [9.17, 15) is 0 Å². The standard InChI is InChI=1S/C10H9N3/c1-2-8-3-4-13-7-9(6-11)12-10(13)5-8/h3-5,7H,2H2,1H3. The van der Waals surface area contributed by atoms with Crippen molar-refractivity contribution in [3.05, 3.63) is 35.8 Å². The molecule has 2 rings (SSSR count). The van der Waals surface area contributed by atoms with Gasteiger partial charge in [0.15, 0.2) is 5.69 Å². The number of nitrogens with zero attached hydrogens (tertiary/aromatic N) is 3. The molecule has 0 amide bonds. The summed E-state index contributed by atoms with van der Waals surface area (Å²) in [5, 5.41) is 8.64. The van der Waals surface area contributed by atoms with Crippen LogP contribution in [0.2, 0.25) is 0 Å². The molecule has 0 radical (unpaired) electrons. The van der Waals surface area contributed by atoms with Gasteiger partial charge in [0.1, 0.15) is 11.7 Å². The average molecular weight is 171 g/mol. The fraction of sp³-hybridized carbons (Fsp3) is 0.200. The molecule has 3 nitrogen and oxygen atoms in total. The van der Waals surface area contributed by atoms with Crippen molar-refractivity contribution in [3.63, 3.8) is 0 Å². The molecule has 0 aliphatic rings. The van der Waals surface area contributed by atoms with Crippen molar-refractivity contribution >= 4 is 5.65 Å². The molecule has 13 heavy (non-hydrogen) atoms. The van der Waals surface area contributed by atoms with Gasteiger partial charge < -0.3 is 4.40 Å². The topological polar surface area (TPSA) is 41.1 Å². The number of aryl methyl sites for hydroxylation is 1. The third-order valence-corrected chi connectivity index (χ3v) is 2.05. The molecule has 64 valence electrons. The van der Waals surface area contributed by atoms with Gasteiger partial charge in [-0.05, 0) is 24.1 Å². The first-order valence-electron chi connectivity index (χ1n) is 4.21. The Bertz CT molecular complexity index is 476. The maximum Gasteiger partial charge on any atom is 0.159 e. The number of hydrogen-bond acceptors (Lipinski definition) is 2. The molecule has 2 heterocycles. The lowest BCUT2D eigenvalue weighted by Gasteiger charge is -1.96. The normalized spacial score (nSPS) is 10.2. The second kappa shape index (κ2) is 2.91. The van der Waals surface area contributed by atoms with Crippen LogP contribution >= 0.6 is 0 Å². The third kappa shape index (κ3) is 1.27. The van der Waals surface area contributed by atoms with Crippen LogP contribution in [0.25, 0.3) is 5.65 Å². The zero-order chi connectivity index (χ0) is 9.26. The fourth-order valence-electron chi connectivity index (χ4n) is 1.30. The zero-order valence-electron chi connectivity index (χ0n) is 7.36. The van der Waals surface area contributed by atoms with E-state index in [1.165, 1.54) is 5.56 Å². The van der Waals surface area contributed by atoms with Gasteiger partial charge in [0.05, 0.1) is 0 Å². The Labute approximate surface area is 76.3 Å². The number of hydrogen-bond donors (Lipinski definition) is 0. The van der Waals surface area contributed by atoms with E-state index in [0.29, 0.717) is 5.69 Å². The highest BCUT2D eigenvalue weighted by molar-refractivity contribution is 5.45. The van der Waals surface area contributed by atoms with Crippen molar-refractivity contribution in [2.24, 2.45) is 0 Å². The van der Waals surface area contributed by atoms with Crippen molar-refractivity contribution in [2.75, 3.05) is 0 Å². The Morgan fingerprint density at radius 2 is 2.46 bits per heavy atom. The summed E-state index contributed by atoms with van der Waals surface area (Å²) >= 11 is 0. The first-order valence-corrected chi connectivity index (χ1v) is 4.21. The van der Waals surface area contributed by atoms with Gasteiger partial charge in [0.2, 0.25) is 0 Å². The molecule has 2 aromatic rings. The maximum atomic E-state index is 8.64. The fourth-order valence-corrected chi connectivity index (χ4v) is 1.30. The van der Waals surface area contributed by atoms with Crippen molar-refractivity contribution in [1.82, 2.24) is 9.38 Å². The van der Waals surface area contributed by atoms with Crippen LogP contribution in [0.3, 0.4) is 0 Å². The molecule has 2 aromatic heterocycles. The predicted octanol–water partition coefficient (Wildman–Crippen LogP) is 1.77. The SMILES string of the molecule is CCc1ccn2cc(C#N)nc2c1. The Kier molecular flexibility index (Phi) is 1.75. The summed E-state index contributed by atoms with van der Waals surface area (Å²) in [6.07, 6.45) is 4.65. The van der Waals surface area contributed by atoms with Crippen LogP contribution in [0.5, 0.6) is 0 Å². The molecule has 3 heteroatoms. The van der Waals surface area contributed by atoms with Crippen LogP contribution in [0.1, 0.15) is 18.2 Å². The zero-order valence-corrected chi connectivity index (χ0v) is 7.36. The summed E-state index contributed by atoms with van der Waals surface area (Å²) in [5.41, 5.74) is 2.55. The van der Waals surface area contributed by atoms with Crippen molar-refractivity contribution in [3.8, 4) is 6.07 Å². The smallest absolute Gasteiger partial charge is 0.159 e. The van der Waals surface area contributed by atoms with Gasteiger partial charge >= 0.3 is 0 Å². The lowest BCUT2D eigenvalue weighted by Crippen LogP contribution is -1.85. The maximum absolute atomic E-state index is 8.64. The van der Waals surface area contributed by atoms with E-state index in [0.717, 1.165) is 12.1 Å². The largest absolute Gasteiger partial charge is 0.306 e. The highest BCUT2D eigenvalue weighted by atomic mass is 15.0. The lowest BCUT2D eigenvalue weighted by atomic mass is 10.2. The molecular weight excluding hydrogens is 162 g/mol. The first-order chi connectivity index (χ1) is 6.33. The van der Waals surface area contributed by atoms with E-state index in [4.69, 9.17) is 5.26 Å². The Morgan fingerprint density at radius 1 is 1.62 bits per heavy atom. The molecular formula is C10H9N3. The molecule has 0 aliphatic heterocycles. The van der Waals surface area contributed by atoms with Gasteiger partial charge in [0.25, 0.3) is 0 Å². The molecule has 0 bridgehead atoms. The first kappa shape index (κ1) is 7.81. The van der Waals surface area contributed by atoms with Gasteiger partial charge in [-0.1, -0.05) is 6.92 Å². The number of rotatable bonds is 1. The van der Waals surface area contributed by atoms with Crippen LogP contribution in [-0.4, -0.2) is 9.38 Å². The number of fused-ring (bicyclic) bond motifs is 1. The minimum Gasteiger partial charge on any atom is -0.306 e. The quantitative estimate of drug-likeness (QED) is 0.656. The number of pyridine rings is 1. The number of imidazole rings is 1. The molecule has 0 fully saturated rings. The number of aromatic nitrogens is 2. The third-order valence-electron chi connectivity index (χ3n) is 2.05. The molecule has 0 spiro atoms. The summed E-state index contributed by atoms with van der Waals surface area (Å²) in [6.45, 7) is 2.10. The monoisotopic (exact) mass is 171 g/mol. The predicted molar refractivity (Wildman–Crippen MR) is 49.3 cm³/mol. The molecule has 0 atom stereocenters. The van der Waals surface area contributed by atoms with Gasteiger partial charge in [-0.25, -0.2) is 4.98 Å². The van der Waals surface area contributed by atoms with Crippen molar-refractivity contribution in [1.29, 1.82) is 5.26 Å². The van der Waals surface area contributed by atoms with E-state index in [1.807, 2.05) is 28.8 Å². The van der Waals surface area contributed by atoms with Crippen LogP contribution in [0, 0.1) is 11.3 Å². The Balaban J connectivity index is 2.65. The van der Waals surface area contributed by atoms with Crippen molar-refractivity contribution < 1.29 is 0 Å². The van der Waals surface area contributed by atoms with E-state index < -0.39 is 0 Å². The summed E-state index contributed by atoms with van der Waals surface area (Å²) in [4.78, 5) is 4.14. The highest BCUT2D eigenvalue weighted by Gasteiger charge is 1.99. The summed E-state index contributed by atoms with van der Waals surface area (Å²) in [5.74, 6) is 0. The summed E-state index contributed by atoms with van der Waals surface area (Å²) < 4.78 is 1.86. The Hall–Kier alpha value is -1.82. The summed E-state index contributed by atoms with van der Waals surface area (Å²) in [7, 11) is 0. The number of nitriles is 1. The lowest BCUT2D eigenvalue weighted by molar-refractivity contribution is 1.10. The summed E-state index contributed by atoms with van der Waals surface area (Å²) in [6, 6.07) is 6.06. The highest BCUT2D eigenvalue weighted by Crippen LogP contribution is 2.07. The van der Waals surface area contributed by atoms with Gasteiger partial charge in [0, 0.05) is 12.4 Å². The van der Waals surface area contributed by atoms with Gasteiger partial charge in [-0.3, -0.25) is 0 Å². The minimum atomic E-state index is 0.466. The minimum absolute atomic E-state index is 0.466. The van der Waals surface area contributed by atoms with E-state index in [1.54, 1.807) is 6.20 Å². The van der Waals surface area contributed by atoms with Crippen LogP contribution < -0.4 is 0 Å². The van der Waals surface area contributed by atoms with E-state index in [2.05, 4.69) is 11.9 Å². The molecule has 0 unspecified atom stereocenters. The Morgan fingerprint density at radius 3 is 3.15 bits per heavy atom. The van der Waals surface area contributed by atoms with Crippen LogP contribution in [-0.2, 0) is 6.42 Å². The second-order valence-corrected chi connectivity index (χ2v) is 2.89. The molecule has 0 aliphatic carbocycles. The molecule has 0 N–H and O–H groups in total. The molecule has 0 aromatic carbocycles. The second-order valence-electron chi connectivity index (χ2n) is 2.89. The van der Waals surface area contributed by atoms with E-state index in [-0.39, 0.29) is 0 Å². The molecule has 0 saturated carbocycles. The van der Waals surface area contributed by atoms with Crippen molar-refractivity contribution in [2.45, 2.75) is 13.3 Å². The van der Waals surface area contributed by atoms with Gasteiger partial charge in [-0.15, -0.1) is 0 Å². The van der Waals surface area contributed by atoms with Crippen LogP contribution in [0.4, 0.5) is 0 Å². The molecule has 0 saturated heterocycles.